The molecular formula is C17H10BrClN2O2S. The van der Waals surface area contributed by atoms with Crippen molar-refractivity contribution < 1.29 is 9.59 Å². The Kier molecular flexibility index (Phi) is 4.80. The van der Waals surface area contributed by atoms with Gasteiger partial charge in [0.05, 0.1) is 5.69 Å². The van der Waals surface area contributed by atoms with Crippen LogP contribution in [0, 0.1) is 0 Å². The molecule has 1 aliphatic heterocycles. The van der Waals surface area contributed by atoms with Gasteiger partial charge in [0.25, 0.3) is 11.8 Å². The van der Waals surface area contributed by atoms with Crippen LogP contribution in [0.2, 0.25) is 5.02 Å². The Labute approximate surface area is 157 Å². The number of amides is 2. The van der Waals surface area contributed by atoms with Gasteiger partial charge >= 0.3 is 0 Å². The number of nitrogens with one attached hydrogen (secondary N) is 1. The number of thiocarbonyl (C=S) groups is 1. The topological polar surface area (TPSA) is 49.4 Å². The maximum absolute atomic E-state index is 12.8. The zero-order chi connectivity index (χ0) is 17.3. The summed E-state index contributed by atoms with van der Waals surface area (Å²) < 4.78 is 0.852. The molecule has 0 unspecified atom stereocenters. The van der Waals surface area contributed by atoms with Crippen LogP contribution in [0.4, 0.5) is 5.69 Å². The van der Waals surface area contributed by atoms with Crippen LogP contribution in [0.3, 0.4) is 0 Å². The summed E-state index contributed by atoms with van der Waals surface area (Å²) >= 11 is 14.4. The fraction of sp³-hybridized carbons (Fsp3) is 0. The highest BCUT2D eigenvalue weighted by molar-refractivity contribution is 9.10. The molecule has 2 aromatic carbocycles. The number of carbonyl (C=O) groups is 2. The number of hydrogen-bond donors (Lipinski definition) is 1. The summed E-state index contributed by atoms with van der Waals surface area (Å²) in [5.74, 6) is -0.999. The molecule has 0 atom stereocenters. The average Bonchev–Trinajstić information content (AvgIpc) is 2.53. The normalized spacial score (nSPS) is 16.5. The minimum absolute atomic E-state index is 0.0108. The molecule has 120 valence electrons. The number of nitrogens with zero attached hydrogens (tertiary/aromatic N) is 1. The van der Waals surface area contributed by atoms with Gasteiger partial charge in [0.15, 0.2) is 5.11 Å². The van der Waals surface area contributed by atoms with E-state index < -0.39 is 11.8 Å². The molecule has 3 rings (SSSR count). The zero-order valence-corrected chi connectivity index (χ0v) is 15.3. The summed E-state index contributed by atoms with van der Waals surface area (Å²) in [7, 11) is 0. The molecule has 7 heteroatoms. The lowest BCUT2D eigenvalue weighted by Gasteiger charge is -2.28. The summed E-state index contributed by atoms with van der Waals surface area (Å²) in [5, 5.41) is 3.13. The second-order valence-corrected chi connectivity index (χ2v) is 6.73. The highest BCUT2D eigenvalue weighted by Crippen LogP contribution is 2.24. The van der Waals surface area contributed by atoms with Crippen molar-refractivity contribution in [3.05, 3.63) is 69.2 Å². The third-order valence-electron chi connectivity index (χ3n) is 3.35. The van der Waals surface area contributed by atoms with Crippen LogP contribution < -0.4 is 10.2 Å². The molecule has 0 aromatic heterocycles. The van der Waals surface area contributed by atoms with Crippen LogP contribution in [0.5, 0.6) is 0 Å². The van der Waals surface area contributed by atoms with Crippen molar-refractivity contribution >= 4 is 68.4 Å². The lowest BCUT2D eigenvalue weighted by molar-refractivity contribution is -0.122. The Bertz CT molecular complexity index is 880. The largest absolute Gasteiger partial charge is 0.298 e. The van der Waals surface area contributed by atoms with E-state index in [4.69, 9.17) is 23.8 Å². The summed E-state index contributed by atoms with van der Waals surface area (Å²) in [5.41, 5.74) is 1.28. The summed E-state index contributed by atoms with van der Waals surface area (Å²) in [4.78, 5) is 26.2. The standard InChI is InChI=1S/C17H10BrClN2O2S/c18-11-3-1-2-10(8-11)9-14-15(22)20-17(24)21(16(14)23)13-6-4-12(19)5-7-13/h1-9H,(H,20,22,24)/b14-9+. The SMILES string of the molecule is O=C1NC(=S)N(c2ccc(Cl)cc2)C(=O)/C1=C/c1cccc(Br)c1. The fourth-order valence-electron chi connectivity index (χ4n) is 2.25. The van der Waals surface area contributed by atoms with Crippen molar-refractivity contribution in [1.29, 1.82) is 0 Å². The third kappa shape index (κ3) is 3.40. The Morgan fingerprint density at radius 2 is 1.83 bits per heavy atom. The van der Waals surface area contributed by atoms with E-state index in [0.29, 0.717) is 10.7 Å². The molecule has 1 fully saturated rings. The van der Waals surface area contributed by atoms with Gasteiger partial charge in [-0.05, 0) is 60.3 Å². The van der Waals surface area contributed by atoms with Crippen LogP contribution in [-0.4, -0.2) is 16.9 Å². The maximum atomic E-state index is 12.8. The Hall–Kier alpha value is -2.02. The molecule has 1 saturated heterocycles. The van der Waals surface area contributed by atoms with Crippen molar-refractivity contribution in [3.8, 4) is 0 Å². The minimum atomic E-state index is -0.518. The molecule has 2 aromatic rings. The monoisotopic (exact) mass is 420 g/mol. The second-order valence-electron chi connectivity index (χ2n) is 4.99. The van der Waals surface area contributed by atoms with Gasteiger partial charge in [0.2, 0.25) is 0 Å². The zero-order valence-electron chi connectivity index (χ0n) is 12.1. The highest BCUT2D eigenvalue weighted by Gasteiger charge is 2.34. The summed E-state index contributed by atoms with van der Waals surface area (Å²) in [6.07, 6.45) is 1.53. The summed E-state index contributed by atoms with van der Waals surface area (Å²) in [6, 6.07) is 13.9. The molecule has 0 bridgehead atoms. The third-order valence-corrected chi connectivity index (χ3v) is 4.38. The smallest absolute Gasteiger partial charge is 0.270 e. The molecule has 4 nitrogen and oxygen atoms in total. The van der Waals surface area contributed by atoms with E-state index >= 15 is 0 Å². The number of carbonyl (C=O) groups excluding carboxylic acids is 2. The predicted molar refractivity (Wildman–Crippen MR) is 102 cm³/mol. The van der Waals surface area contributed by atoms with Gasteiger partial charge in [0, 0.05) is 9.50 Å². The number of hydrogen-bond acceptors (Lipinski definition) is 3. The first-order chi connectivity index (χ1) is 11.5. The molecular weight excluding hydrogens is 412 g/mol. The van der Waals surface area contributed by atoms with Crippen molar-refractivity contribution in [3.63, 3.8) is 0 Å². The van der Waals surface area contributed by atoms with E-state index in [2.05, 4.69) is 21.2 Å². The van der Waals surface area contributed by atoms with E-state index in [9.17, 15) is 9.59 Å². The van der Waals surface area contributed by atoms with Crippen LogP contribution >= 0.6 is 39.7 Å². The van der Waals surface area contributed by atoms with E-state index in [1.807, 2.05) is 18.2 Å². The molecule has 1 N–H and O–H groups in total. The van der Waals surface area contributed by atoms with Crippen LogP contribution in [0.25, 0.3) is 6.08 Å². The van der Waals surface area contributed by atoms with E-state index in [0.717, 1.165) is 10.0 Å². The van der Waals surface area contributed by atoms with Crippen molar-refractivity contribution in [2.45, 2.75) is 0 Å². The minimum Gasteiger partial charge on any atom is -0.298 e. The van der Waals surface area contributed by atoms with Gasteiger partial charge in [-0.15, -0.1) is 0 Å². The first-order valence-electron chi connectivity index (χ1n) is 6.88. The molecule has 0 radical (unpaired) electrons. The van der Waals surface area contributed by atoms with Gasteiger partial charge in [-0.25, -0.2) is 0 Å². The van der Waals surface area contributed by atoms with Crippen molar-refractivity contribution in [2.75, 3.05) is 4.90 Å². The first kappa shape index (κ1) is 16.8. The van der Waals surface area contributed by atoms with Gasteiger partial charge in [-0.1, -0.05) is 39.7 Å². The van der Waals surface area contributed by atoms with Gasteiger partial charge < -0.3 is 0 Å². The second kappa shape index (κ2) is 6.84. The van der Waals surface area contributed by atoms with Crippen LogP contribution in [0.1, 0.15) is 5.56 Å². The number of anilines is 1. The molecule has 24 heavy (non-hydrogen) atoms. The predicted octanol–water partition coefficient (Wildman–Crippen LogP) is 3.93. The molecule has 2 amide bonds. The Balaban J connectivity index is 2.01. The van der Waals surface area contributed by atoms with E-state index in [-0.39, 0.29) is 10.7 Å². The maximum Gasteiger partial charge on any atom is 0.270 e. The quantitative estimate of drug-likeness (QED) is 0.454. The van der Waals surface area contributed by atoms with Crippen LogP contribution in [-0.2, 0) is 9.59 Å². The number of rotatable bonds is 2. The van der Waals surface area contributed by atoms with E-state index in [1.54, 1.807) is 30.3 Å². The first-order valence-corrected chi connectivity index (χ1v) is 8.46. The molecule has 1 aliphatic rings. The number of halogens is 2. The van der Waals surface area contributed by atoms with E-state index in [1.165, 1.54) is 11.0 Å². The highest BCUT2D eigenvalue weighted by atomic mass is 79.9. The number of benzene rings is 2. The molecule has 0 aliphatic carbocycles. The molecule has 1 heterocycles. The van der Waals surface area contributed by atoms with Crippen molar-refractivity contribution in [2.24, 2.45) is 0 Å². The average molecular weight is 422 g/mol. The summed E-state index contributed by atoms with van der Waals surface area (Å²) in [6.45, 7) is 0. The fourth-order valence-corrected chi connectivity index (χ4v) is 3.07. The Morgan fingerprint density at radius 1 is 1.12 bits per heavy atom. The Morgan fingerprint density at radius 3 is 2.50 bits per heavy atom. The molecule has 0 spiro atoms. The lowest BCUT2D eigenvalue weighted by atomic mass is 10.1. The van der Waals surface area contributed by atoms with Gasteiger partial charge in [-0.2, -0.15) is 0 Å². The van der Waals surface area contributed by atoms with Gasteiger partial charge in [0.1, 0.15) is 5.57 Å². The lowest BCUT2D eigenvalue weighted by Crippen LogP contribution is -2.54. The molecule has 0 saturated carbocycles. The van der Waals surface area contributed by atoms with Gasteiger partial charge in [-0.3, -0.25) is 19.8 Å². The van der Waals surface area contributed by atoms with Crippen molar-refractivity contribution in [1.82, 2.24) is 5.32 Å². The van der Waals surface area contributed by atoms with Crippen LogP contribution in [0.15, 0.2) is 58.6 Å².